The average Bonchev–Trinajstić information content (AvgIpc) is 1.30. The van der Waals surface area contributed by atoms with Gasteiger partial charge in [-0.3, -0.25) is 0 Å². The highest BCUT2D eigenvalue weighted by atomic mass is 16.3. The molecule has 0 amide bonds. The first-order valence-corrected chi connectivity index (χ1v) is 2.01. The highest BCUT2D eigenvalue weighted by Gasteiger charge is 2.03. The Bertz CT molecular complexity index is 101. The SMILES string of the molecule is [B]C#CC(C)(C)O. The third kappa shape index (κ3) is 5.58. The first-order chi connectivity index (χ1) is 3.06. The van der Waals surface area contributed by atoms with Gasteiger partial charge in [-0.25, -0.2) is 0 Å². The number of rotatable bonds is 0. The van der Waals surface area contributed by atoms with E-state index in [2.05, 4.69) is 11.7 Å². The molecular weight excluding hydrogens is 86.9 g/mol. The lowest BCUT2D eigenvalue weighted by atomic mass is 10.1. The molecule has 0 aromatic rings. The summed E-state index contributed by atoms with van der Waals surface area (Å²) >= 11 is 0. The zero-order chi connectivity index (χ0) is 5.91. The van der Waals surface area contributed by atoms with Crippen molar-refractivity contribution >= 4 is 7.85 Å². The lowest BCUT2D eigenvalue weighted by molar-refractivity contribution is 0.144. The maximum absolute atomic E-state index is 8.76. The Morgan fingerprint density at radius 2 is 2.00 bits per heavy atom. The smallest absolute Gasteiger partial charge is 0.188 e. The number of hydrogen-bond acceptors (Lipinski definition) is 1. The molecule has 0 unspecified atom stereocenters. The van der Waals surface area contributed by atoms with E-state index in [0.717, 1.165) is 0 Å². The molecule has 0 spiro atoms. The summed E-state index contributed by atoms with van der Waals surface area (Å²) in [5, 5.41) is 8.76. The van der Waals surface area contributed by atoms with Crippen LogP contribution in [0.5, 0.6) is 0 Å². The molecule has 0 saturated heterocycles. The van der Waals surface area contributed by atoms with Crippen LogP contribution in [0.4, 0.5) is 0 Å². The van der Waals surface area contributed by atoms with Gasteiger partial charge in [0.25, 0.3) is 0 Å². The Hall–Kier alpha value is -0.415. The summed E-state index contributed by atoms with van der Waals surface area (Å²) in [5.74, 6) is 4.48. The molecule has 2 heteroatoms. The van der Waals surface area contributed by atoms with Gasteiger partial charge in [0.2, 0.25) is 0 Å². The molecule has 0 aromatic carbocycles. The monoisotopic (exact) mass is 94.1 g/mol. The van der Waals surface area contributed by atoms with E-state index in [1.165, 1.54) is 0 Å². The molecule has 0 aliphatic heterocycles. The van der Waals surface area contributed by atoms with E-state index < -0.39 is 5.60 Å². The van der Waals surface area contributed by atoms with E-state index in [4.69, 9.17) is 13.0 Å². The fourth-order valence-electron chi connectivity index (χ4n) is 0.177. The van der Waals surface area contributed by atoms with Gasteiger partial charge >= 0.3 is 0 Å². The quantitative estimate of drug-likeness (QED) is 0.328. The number of aliphatic hydroxyl groups is 1. The largest absolute Gasteiger partial charge is 0.378 e. The van der Waals surface area contributed by atoms with E-state index in [1.807, 2.05) is 0 Å². The normalized spacial score (nSPS) is 9.57. The predicted molar refractivity (Wildman–Crippen MR) is 29.8 cm³/mol. The predicted octanol–water partition coefficient (Wildman–Crippen LogP) is -0.113. The van der Waals surface area contributed by atoms with Crippen LogP contribution in [0.25, 0.3) is 0 Å². The highest BCUT2D eigenvalue weighted by Crippen LogP contribution is 1.94. The van der Waals surface area contributed by atoms with Crippen LogP contribution in [0.2, 0.25) is 0 Å². The molecule has 1 nitrogen and oxygen atoms in total. The van der Waals surface area contributed by atoms with Gasteiger partial charge in [0.05, 0.1) is 0 Å². The van der Waals surface area contributed by atoms with Crippen molar-refractivity contribution in [2.24, 2.45) is 0 Å². The van der Waals surface area contributed by atoms with Crippen LogP contribution in [0.3, 0.4) is 0 Å². The van der Waals surface area contributed by atoms with E-state index in [0.29, 0.717) is 0 Å². The minimum absolute atomic E-state index is 0.936. The zero-order valence-corrected chi connectivity index (χ0v) is 4.52. The Balaban J connectivity index is 3.72. The van der Waals surface area contributed by atoms with Crippen LogP contribution in [0.1, 0.15) is 13.8 Å². The van der Waals surface area contributed by atoms with E-state index in [-0.39, 0.29) is 0 Å². The van der Waals surface area contributed by atoms with Gasteiger partial charge < -0.3 is 5.11 Å². The fraction of sp³-hybridized carbons (Fsp3) is 0.600. The molecular formula is C5H7BO. The van der Waals surface area contributed by atoms with Crippen LogP contribution < -0.4 is 0 Å². The molecule has 0 fully saturated rings. The first kappa shape index (κ1) is 6.58. The van der Waals surface area contributed by atoms with Gasteiger partial charge in [-0.2, -0.15) is 5.82 Å². The van der Waals surface area contributed by atoms with Crippen molar-refractivity contribution in [1.29, 1.82) is 0 Å². The van der Waals surface area contributed by atoms with Crippen molar-refractivity contribution in [2.45, 2.75) is 19.4 Å². The maximum atomic E-state index is 8.76. The third-order valence-electron chi connectivity index (χ3n) is 0.378. The molecule has 2 radical (unpaired) electrons. The second kappa shape index (κ2) is 2.04. The van der Waals surface area contributed by atoms with Crippen molar-refractivity contribution in [3.05, 3.63) is 0 Å². The maximum Gasteiger partial charge on any atom is 0.188 e. The van der Waals surface area contributed by atoms with Gasteiger partial charge in [-0.1, -0.05) is 5.92 Å². The Morgan fingerprint density at radius 3 is 2.00 bits per heavy atom. The lowest BCUT2D eigenvalue weighted by Gasteiger charge is -2.05. The van der Waals surface area contributed by atoms with Gasteiger partial charge in [0, 0.05) is 0 Å². The fourth-order valence-corrected chi connectivity index (χ4v) is 0.177. The van der Waals surface area contributed by atoms with Crippen molar-refractivity contribution in [3.63, 3.8) is 0 Å². The average molecular weight is 93.9 g/mol. The van der Waals surface area contributed by atoms with Gasteiger partial charge in [0.15, 0.2) is 7.85 Å². The molecule has 0 aliphatic carbocycles. The van der Waals surface area contributed by atoms with Crippen molar-refractivity contribution < 1.29 is 5.11 Å². The summed E-state index contributed by atoms with van der Waals surface area (Å²) in [7, 11) is 4.79. The molecule has 0 bridgehead atoms. The van der Waals surface area contributed by atoms with Gasteiger partial charge in [0.1, 0.15) is 5.60 Å². The van der Waals surface area contributed by atoms with Gasteiger partial charge in [-0.05, 0) is 13.8 Å². The second-order valence-electron chi connectivity index (χ2n) is 1.83. The molecule has 0 rings (SSSR count). The van der Waals surface area contributed by atoms with Gasteiger partial charge in [-0.15, -0.1) is 0 Å². The number of hydrogen-bond donors (Lipinski definition) is 1. The second-order valence-corrected chi connectivity index (χ2v) is 1.83. The van der Waals surface area contributed by atoms with E-state index >= 15 is 0 Å². The molecule has 1 N–H and O–H groups in total. The van der Waals surface area contributed by atoms with E-state index in [1.54, 1.807) is 13.8 Å². The highest BCUT2D eigenvalue weighted by molar-refractivity contribution is 6.22. The molecule has 0 saturated carbocycles. The molecule has 7 heavy (non-hydrogen) atoms. The minimum Gasteiger partial charge on any atom is -0.378 e. The van der Waals surface area contributed by atoms with Crippen molar-refractivity contribution in [2.75, 3.05) is 0 Å². The van der Waals surface area contributed by atoms with E-state index in [9.17, 15) is 0 Å². The van der Waals surface area contributed by atoms with Crippen LogP contribution in [-0.4, -0.2) is 18.6 Å². The minimum atomic E-state index is -0.936. The van der Waals surface area contributed by atoms with Crippen LogP contribution >= 0.6 is 0 Å². The zero-order valence-electron chi connectivity index (χ0n) is 4.52. The summed E-state index contributed by atoms with van der Waals surface area (Å²) < 4.78 is 0. The summed E-state index contributed by atoms with van der Waals surface area (Å²) in [6, 6.07) is 0. The lowest BCUT2D eigenvalue weighted by Crippen LogP contribution is -2.14. The summed E-state index contributed by atoms with van der Waals surface area (Å²) in [4.78, 5) is 0. The Labute approximate surface area is 45.1 Å². The van der Waals surface area contributed by atoms with Crippen molar-refractivity contribution in [3.8, 4) is 11.7 Å². The van der Waals surface area contributed by atoms with Crippen LogP contribution in [-0.2, 0) is 0 Å². The standard InChI is InChI=1S/C5H7BO/c1-5(2,7)3-4-6/h7H,1-2H3. The molecule has 0 atom stereocenters. The van der Waals surface area contributed by atoms with Crippen LogP contribution in [0, 0.1) is 11.7 Å². The summed E-state index contributed by atoms with van der Waals surface area (Å²) in [6.07, 6.45) is 0. The Morgan fingerprint density at radius 1 is 1.57 bits per heavy atom. The summed E-state index contributed by atoms with van der Waals surface area (Å²) in [5.41, 5.74) is -0.936. The Kier molecular flexibility index (Phi) is 1.92. The molecule has 0 aromatic heterocycles. The summed E-state index contributed by atoms with van der Waals surface area (Å²) in [6.45, 7) is 3.15. The third-order valence-corrected chi connectivity index (χ3v) is 0.378. The van der Waals surface area contributed by atoms with Crippen molar-refractivity contribution in [1.82, 2.24) is 0 Å². The molecule has 0 heterocycles. The topological polar surface area (TPSA) is 20.2 Å². The molecule has 0 aliphatic rings. The van der Waals surface area contributed by atoms with Crippen LogP contribution in [0.15, 0.2) is 0 Å². The first-order valence-electron chi connectivity index (χ1n) is 2.01. The molecule has 36 valence electrons.